The van der Waals surface area contributed by atoms with Crippen LogP contribution in [0.15, 0.2) is 18.2 Å². The van der Waals surface area contributed by atoms with Crippen LogP contribution in [0.1, 0.15) is 38.7 Å². The van der Waals surface area contributed by atoms with Crippen LogP contribution in [0.25, 0.3) is 0 Å². The van der Waals surface area contributed by atoms with Gasteiger partial charge in [0, 0.05) is 19.0 Å². The SMILES string of the molecule is COc1ccc(F)c(C2CCN(C(=O)OC(C)(C)C)C2)c1. The number of carbonyl (C=O) groups is 1. The number of nitrogens with zero attached hydrogens (tertiary/aromatic N) is 1. The summed E-state index contributed by atoms with van der Waals surface area (Å²) in [4.78, 5) is 13.7. The Morgan fingerprint density at radius 3 is 2.71 bits per heavy atom. The number of amides is 1. The molecule has 0 saturated carbocycles. The maximum Gasteiger partial charge on any atom is 0.410 e. The van der Waals surface area contributed by atoms with E-state index in [4.69, 9.17) is 9.47 Å². The Morgan fingerprint density at radius 2 is 2.10 bits per heavy atom. The monoisotopic (exact) mass is 295 g/mol. The van der Waals surface area contributed by atoms with Gasteiger partial charge in [0.05, 0.1) is 7.11 Å². The lowest BCUT2D eigenvalue weighted by molar-refractivity contribution is 0.0292. The van der Waals surface area contributed by atoms with Gasteiger partial charge in [-0.25, -0.2) is 9.18 Å². The number of ether oxygens (including phenoxy) is 2. The van der Waals surface area contributed by atoms with Crippen LogP contribution < -0.4 is 4.74 Å². The molecule has 1 atom stereocenters. The first-order chi connectivity index (χ1) is 9.80. The fourth-order valence-corrected chi connectivity index (χ4v) is 2.47. The molecular formula is C16H22FNO3. The maximum atomic E-state index is 14.0. The summed E-state index contributed by atoms with van der Waals surface area (Å²) in [6.45, 7) is 6.55. The summed E-state index contributed by atoms with van der Waals surface area (Å²) in [6.07, 6.45) is 0.386. The molecule has 1 heterocycles. The lowest BCUT2D eigenvalue weighted by atomic mass is 9.97. The van der Waals surface area contributed by atoms with Crippen LogP contribution in [0.3, 0.4) is 0 Å². The molecule has 0 bridgehead atoms. The molecule has 0 aromatic heterocycles. The van der Waals surface area contributed by atoms with Crippen molar-refractivity contribution in [2.45, 2.75) is 38.7 Å². The number of benzene rings is 1. The second kappa shape index (κ2) is 5.92. The van der Waals surface area contributed by atoms with Crippen molar-refractivity contribution < 1.29 is 18.7 Å². The third-order valence-electron chi connectivity index (χ3n) is 3.48. The first-order valence-corrected chi connectivity index (χ1v) is 7.11. The third-order valence-corrected chi connectivity index (χ3v) is 3.48. The van der Waals surface area contributed by atoms with E-state index in [-0.39, 0.29) is 17.8 Å². The van der Waals surface area contributed by atoms with Gasteiger partial charge >= 0.3 is 6.09 Å². The Morgan fingerprint density at radius 1 is 1.38 bits per heavy atom. The molecule has 1 aromatic carbocycles. The molecule has 4 nitrogen and oxygen atoms in total. The highest BCUT2D eigenvalue weighted by Gasteiger charge is 2.31. The number of rotatable bonds is 2. The van der Waals surface area contributed by atoms with E-state index in [2.05, 4.69) is 0 Å². The molecule has 1 unspecified atom stereocenters. The van der Waals surface area contributed by atoms with Gasteiger partial charge in [0.2, 0.25) is 0 Å². The molecule has 21 heavy (non-hydrogen) atoms. The van der Waals surface area contributed by atoms with Crippen LogP contribution in [-0.4, -0.2) is 36.8 Å². The smallest absolute Gasteiger partial charge is 0.410 e. The summed E-state index contributed by atoms with van der Waals surface area (Å²) in [5, 5.41) is 0. The molecule has 1 aromatic rings. The fraction of sp³-hybridized carbons (Fsp3) is 0.562. The van der Waals surface area contributed by atoms with E-state index in [1.165, 1.54) is 6.07 Å². The first-order valence-electron chi connectivity index (χ1n) is 7.11. The van der Waals surface area contributed by atoms with Crippen molar-refractivity contribution in [2.24, 2.45) is 0 Å². The van der Waals surface area contributed by atoms with E-state index in [1.807, 2.05) is 20.8 Å². The molecule has 2 rings (SSSR count). The summed E-state index contributed by atoms with van der Waals surface area (Å²) in [6, 6.07) is 4.71. The largest absolute Gasteiger partial charge is 0.497 e. The zero-order valence-electron chi connectivity index (χ0n) is 13.0. The quantitative estimate of drug-likeness (QED) is 0.837. The highest BCUT2D eigenvalue weighted by Crippen LogP contribution is 2.32. The zero-order chi connectivity index (χ0) is 15.6. The highest BCUT2D eigenvalue weighted by atomic mass is 19.1. The molecule has 1 aliphatic heterocycles. The Hall–Kier alpha value is -1.78. The summed E-state index contributed by atoms with van der Waals surface area (Å²) in [5.74, 6) is 0.349. The Balaban J connectivity index is 2.07. The van der Waals surface area contributed by atoms with Crippen molar-refractivity contribution in [2.75, 3.05) is 20.2 Å². The number of methoxy groups -OCH3 is 1. The standard InChI is InChI=1S/C16H22FNO3/c1-16(2,3)21-15(19)18-8-7-11(10-18)13-9-12(20-4)5-6-14(13)17/h5-6,9,11H,7-8,10H2,1-4H3. The van der Waals surface area contributed by atoms with Crippen molar-refractivity contribution in [1.82, 2.24) is 4.90 Å². The van der Waals surface area contributed by atoms with Crippen molar-refractivity contribution >= 4 is 6.09 Å². The molecule has 0 aliphatic carbocycles. The van der Waals surface area contributed by atoms with Gasteiger partial charge in [-0.2, -0.15) is 0 Å². The van der Waals surface area contributed by atoms with Gasteiger partial charge in [0.25, 0.3) is 0 Å². The molecule has 1 aliphatic rings. The van der Waals surface area contributed by atoms with Crippen LogP contribution in [0.4, 0.5) is 9.18 Å². The number of hydrogen-bond acceptors (Lipinski definition) is 3. The molecule has 116 valence electrons. The third kappa shape index (κ3) is 3.86. The summed E-state index contributed by atoms with van der Waals surface area (Å²) >= 11 is 0. The number of carbonyl (C=O) groups excluding carboxylic acids is 1. The highest BCUT2D eigenvalue weighted by molar-refractivity contribution is 5.68. The number of likely N-dealkylation sites (tertiary alicyclic amines) is 1. The predicted molar refractivity (Wildman–Crippen MR) is 78.1 cm³/mol. The van der Waals surface area contributed by atoms with Crippen LogP contribution in [0.2, 0.25) is 0 Å². The van der Waals surface area contributed by atoms with Crippen LogP contribution in [0.5, 0.6) is 5.75 Å². The van der Waals surface area contributed by atoms with Gasteiger partial charge in [0.1, 0.15) is 17.2 Å². The van der Waals surface area contributed by atoms with Crippen molar-refractivity contribution in [3.63, 3.8) is 0 Å². The van der Waals surface area contributed by atoms with Gasteiger partial charge in [-0.3, -0.25) is 0 Å². The van der Waals surface area contributed by atoms with E-state index >= 15 is 0 Å². The van der Waals surface area contributed by atoms with Gasteiger partial charge < -0.3 is 14.4 Å². The number of hydrogen-bond donors (Lipinski definition) is 0. The first kappa shape index (κ1) is 15.6. The van der Waals surface area contributed by atoms with Crippen molar-refractivity contribution in [3.8, 4) is 5.75 Å². The van der Waals surface area contributed by atoms with Crippen LogP contribution in [0, 0.1) is 5.82 Å². The van der Waals surface area contributed by atoms with Crippen molar-refractivity contribution in [1.29, 1.82) is 0 Å². The van der Waals surface area contributed by atoms with Gasteiger partial charge in [0.15, 0.2) is 0 Å². The molecule has 1 amide bonds. The normalized spacial score (nSPS) is 18.7. The molecule has 0 radical (unpaired) electrons. The van der Waals surface area contributed by atoms with Crippen LogP contribution in [-0.2, 0) is 4.74 Å². The summed E-state index contributed by atoms with van der Waals surface area (Å²) in [5.41, 5.74) is 0.0801. The Kier molecular flexibility index (Phi) is 4.40. The minimum Gasteiger partial charge on any atom is -0.497 e. The minimum atomic E-state index is -0.517. The topological polar surface area (TPSA) is 38.8 Å². The number of halogens is 1. The average molecular weight is 295 g/mol. The molecule has 0 N–H and O–H groups in total. The average Bonchev–Trinajstić information content (AvgIpc) is 2.87. The molecule has 1 fully saturated rings. The second-order valence-electron chi connectivity index (χ2n) is 6.30. The van der Waals surface area contributed by atoms with E-state index in [1.54, 1.807) is 24.1 Å². The van der Waals surface area contributed by atoms with Gasteiger partial charge in [-0.1, -0.05) is 0 Å². The molecule has 1 saturated heterocycles. The van der Waals surface area contributed by atoms with Gasteiger partial charge in [-0.15, -0.1) is 0 Å². The minimum absolute atomic E-state index is 0.0207. The Bertz CT molecular complexity index is 525. The molecule has 5 heteroatoms. The maximum absolute atomic E-state index is 14.0. The lowest BCUT2D eigenvalue weighted by Crippen LogP contribution is -2.35. The Labute approximate surface area is 124 Å². The summed E-state index contributed by atoms with van der Waals surface area (Å²) in [7, 11) is 1.55. The van der Waals surface area contributed by atoms with Crippen molar-refractivity contribution in [3.05, 3.63) is 29.6 Å². The van der Waals surface area contributed by atoms with E-state index in [9.17, 15) is 9.18 Å². The van der Waals surface area contributed by atoms with Crippen LogP contribution >= 0.6 is 0 Å². The zero-order valence-corrected chi connectivity index (χ0v) is 13.0. The van der Waals surface area contributed by atoms with E-state index < -0.39 is 5.60 Å². The second-order valence-corrected chi connectivity index (χ2v) is 6.30. The lowest BCUT2D eigenvalue weighted by Gasteiger charge is -2.24. The van der Waals surface area contributed by atoms with Gasteiger partial charge in [-0.05, 0) is 51.0 Å². The van der Waals surface area contributed by atoms with E-state index in [0.717, 1.165) is 6.42 Å². The molecule has 0 spiro atoms. The molecular weight excluding hydrogens is 273 g/mol. The summed E-state index contributed by atoms with van der Waals surface area (Å²) < 4.78 is 24.5. The van der Waals surface area contributed by atoms with E-state index in [0.29, 0.717) is 24.4 Å². The predicted octanol–water partition coefficient (Wildman–Crippen LogP) is 3.56. The fourth-order valence-electron chi connectivity index (χ4n) is 2.47.